The fraction of sp³-hybridized carbons (Fsp3) is 0.500. The lowest BCUT2D eigenvalue weighted by Gasteiger charge is -2.22. The third kappa shape index (κ3) is 4.74. The molecule has 3 N–H and O–H groups in total. The van der Waals surface area contributed by atoms with Crippen molar-refractivity contribution < 1.29 is 9.47 Å². The molecule has 0 saturated carbocycles. The van der Waals surface area contributed by atoms with E-state index in [0.29, 0.717) is 18.0 Å². The number of anilines is 1. The van der Waals surface area contributed by atoms with Gasteiger partial charge < -0.3 is 20.5 Å². The molecule has 1 rings (SSSR count). The van der Waals surface area contributed by atoms with Gasteiger partial charge in [0.15, 0.2) is 6.29 Å². The molecule has 0 heterocycles. The number of methoxy groups -OCH3 is 2. The molecule has 102 valence electrons. The predicted octanol–water partition coefficient (Wildman–Crippen LogP) is 2.85. The zero-order valence-corrected chi connectivity index (χ0v) is 12.8. The number of rotatable bonds is 7. The molecular weight excluding hydrogens is 320 g/mol. The van der Waals surface area contributed by atoms with Crippen molar-refractivity contribution in [2.45, 2.75) is 18.8 Å². The Morgan fingerprint density at radius 3 is 2.56 bits per heavy atom. The van der Waals surface area contributed by atoms with E-state index < -0.39 is 0 Å². The van der Waals surface area contributed by atoms with Crippen molar-refractivity contribution in [3.8, 4) is 0 Å². The van der Waals surface area contributed by atoms with Crippen LogP contribution in [0.3, 0.4) is 0 Å². The molecule has 18 heavy (non-hydrogen) atoms. The van der Waals surface area contributed by atoms with Crippen molar-refractivity contribution in [2.75, 3.05) is 26.1 Å². The van der Waals surface area contributed by atoms with Crippen molar-refractivity contribution in [1.82, 2.24) is 0 Å². The molecule has 1 atom stereocenters. The van der Waals surface area contributed by atoms with Gasteiger partial charge in [0.25, 0.3) is 0 Å². The Balaban J connectivity index is 2.64. The summed E-state index contributed by atoms with van der Waals surface area (Å²) in [5, 5.41) is 4.00. The van der Waals surface area contributed by atoms with Gasteiger partial charge in [0.1, 0.15) is 0 Å². The van der Waals surface area contributed by atoms with Crippen LogP contribution in [0.15, 0.2) is 22.7 Å². The van der Waals surface area contributed by atoms with Gasteiger partial charge in [-0.05, 0) is 34.1 Å². The minimum absolute atomic E-state index is 0.0722. The second kappa shape index (κ2) is 7.96. The van der Waals surface area contributed by atoms with Crippen molar-refractivity contribution in [1.29, 1.82) is 0 Å². The first-order chi connectivity index (χ1) is 8.60. The van der Waals surface area contributed by atoms with Crippen LogP contribution >= 0.6 is 27.5 Å². The summed E-state index contributed by atoms with van der Waals surface area (Å²) in [4.78, 5) is 0. The smallest absolute Gasteiger partial charge is 0.158 e. The molecule has 6 heteroatoms. The highest BCUT2D eigenvalue weighted by molar-refractivity contribution is 9.10. The van der Waals surface area contributed by atoms with Gasteiger partial charge in [-0.3, -0.25) is 0 Å². The highest BCUT2D eigenvalue weighted by Crippen LogP contribution is 2.26. The van der Waals surface area contributed by atoms with Gasteiger partial charge in [-0.25, -0.2) is 0 Å². The largest absolute Gasteiger partial charge is 0.381 e. The molecule has 0 bridgehead atoms. The summed E-state index contributed by atoms with van der Waals surface area (Å²) >= 11 is 9.32. The number of nitrogens with one attached hydrogen (secondary N) is 1. The Morgan fingerprint density at radius 1 is 1.39 bits per heavy atom. The number of halogens is 2. The summed E-state index contributed by atoms with van der Waals surface area (Å²) in [6.07, 6.45) is 0.408. The van der Waals surface area contributed by atoms with E-state index in [-0.39, 0.29) is 12.3 Å². The summed E-state index contributed by atoms with van der Waals surface area (Å²) in [5.74, 6) is 0. The monoisotopic (exact) mass is 336 g/mol. The van der Waals surface area contributed by atoms with Crippen LogP contribution in [0, 0.1) is 0 Å². The highest BCUT2D eigenvalue weighted by Gasteiger charge is 2.14. The van der Waals surface area contributed by atoms with E-state index in [4.69, 9.17) is 26.8 Å². The third-order valence-corrected chi connectivity index (χ3v) is 3.79. The molecule has 0 amide bonds. The quantitative estimate of drug-likeness (QED) is 0.751. The third-order valence-electron chi connectivity index (χ3n) is 2.58. The van der Waals surface area contributed by atoms with Crippen molar-refractivity contribution >= 4 is 33.2 Å². The van der Waals surface area contributed by atoms with Gasteiger partial charge in [0.2, 0.25) is 0 Å². The fourth-order valence-electron chi connectivity index (χ4n) is 1.56. The SMILES string of the molecule is COC(CC(CN)Nc1ccc(Cl)c(Br)c1)OC. The zero-order valence-electron chi connectivity index (χ0n) is 10.5. The highest BCUT2D eigenvalue weighted by atomic mass is 79.9. The van der Waals surface area contributed by atoms with Crippen LogP contribution < -0.4 is 11.1 Å². The molecule has 0 radical (unpaired) electrons. The lowest BCUT2D eigenvalue weighted by atomic mass is 10.2. The molecule has 0 aliphatic heterocycles. The minimum Gasteiger partial charge on any atom is -0.381 e. The Morgan fingerprint density at radius 2 is 2.06 bits per heavy atom. The van der Waals surface area contributed by atoms with E-state index in [9.17, 15) is 0 Å². The van der Waals surface area contributed by atoms with Gasteiger partial charge in [-0.2, -0.15) is 0 Å². The van der Waals surface area contributed by atoms with Gasteiger partial charge in [-0.1, -0.05) is 11.6 Å². The number of benzene rings is 1. The number of hydrogen-bond acceptors (Lipinski definition) is 4. The van der Waals surface area contributed by atoms with Crippen molar-refractivity contribution in [2.24, 2.45) is 5.73 Å². The molecule has 1 unspecified atom stereocenters. The van der Waals surface area contributed by atoms with Gasteiger partial charge in [0, 0.05) is 43.4 Å². The Bertz CT molecular complexity index is 375. The van der Waals surface area contributed by atoms with Crippen LogP contribution in [0.25, 0.3) is 0 Å². The van der Waals surface area contributed by atoms with Crippen LogP contribution in [0.4, 0.5) is 5.69 Å². The van der Waals surface area contributed by atoms with Gasteiger partial charge in [-0.15, -0.1) is 0 Å². The minimum atomic E-state index is -0.262. The summed E-state index contributed by atoms with van der Waals surface area (Å²) in [7, 11) is 3.22. The Labute approximate surface area is 121 Å². The van der Waals surface area contributed by atoms with Crippen molar-refractivity contribution in [3.63, 3.8) is 0 Å². The van der Waals surface area contributed by atoms with Crippen LogP contribution in [-0.2, 0) is 9.47 Å². The molecule has 0 spiro atoms. The first kappa shape index (κ1) is 15.7. The lowest BCUT2D eigenvalue weighted by Crippen LogP contribution is -2.34. The average Bonchev–Trinajstić information content (AvgIpc) is 2.38. The van der Waals surface area contributed by atoms with E-state index in [1.165, 1.54) is 0 Å². The predicted molar refractivity (Wildman–Crippen MR) is 78.0 cm³/mol. The fourth-order valence-corrected chi connectivity index (χ4v) is 2.05. The first-order valence-corrected chi connectivity index (χ1v) is 6.75. The van der Waals surface area contributed by atoms with E-state index in [1.54, 1.807) is 14.2 Å². The maximum absolute atomic E-state index is 5.94. The van der Waals surface area contributed by atoms with E-state index in [2.05, 4.69) is 21.2 Å². The second-order valence-corrected chi connectivity index (χ2v) is 5.10. The Hall–Kier alpha value is -0.330. The second-order valence-electron chi connectivity index (χ2n) is 3.84. The summed E-state index contributed by atoms with van der Waals surface area (Å²) in [6.45, 7) is 0.490. The molecule has 0 fully saturated rings. The van der Waals surface area contributed by atoms with E-state index >= 15 is 0 Å². The summed E-state index contributed by atoms with van der Waals surface area (Å²) in [5.41, 5.74) is 6.69. The van der Waals surface area contributed by atoms with E-state index in [1.807, 2.05) is 18.2 Å². The Kier molecular flexibility index (Phi) is 6.96. The molecule has 0 aliphatic rings. The van der Waals surface area contributed by atoms with Crippen LogP contribution in [0.2, 0.25) is 5.02 Å². The van der Waals surface area contributed by atoms with Crippen LogP contribution in [0.5, 0.6) is 0 Å². The van der Waals surface area contributed by atoms with Crippen molar-refractivity contribution in [3.05, 3.63) is 27.7 Å². The van der Waals surface area contributed by atoms with Crippen LogP contribution in [-0.4, -0.2) is 33.1 Å². The molecule has 0 saturated heterocycles. The van der Waals surface area contributed by atoms with E-state index in [0.717, 1.165) is 10.2 Å². The number of ether oxygens (including phenoxy) is 2. The molecule has 4 nitrogen and oxygen atoms in total. The molecular formula is C12H18BrClN2O2. The molecule has 0 aliphatic carbocycles. The molecule has 1 aromatic rings. The van der Waals surface area contributed by atoms with Crippen LogP contribution in [0.1, 0.15) is 6.42 Å². The summed E-state index contributed by atoms with van der Waals surface area (Å²) < 4.78 is 11.2. The number of nitrogens with two attached hydrogens (primary N) is 1. The maximum Gasteiger partial charge on any atom is 0.158 e. The first-order valence-electron chi connectivity index (χ1n) is 5.58. The normalized spacial score (nSPS) is 12.8. The number of hydrogen-bond donors (Lipinski definition) is 2. The molecule has 1 aromatic carbocycles. The maximum atomic E-state index is 5.94. The lowest BCUT2D eigenvalue weighted by molar-refractivity contribution is -0.107. The topological polar surface area (TPSA) is 56.5 Å². The van der Waals surface area contributed by atoms with Gasteiger partial charge in [0.05, 0.1) is 5.02 Å². The molecule has 0 aromatic heterocycles. The standard InChI is InChI=1S/C12H18BrClN2O2/c1-17-12(18-2)6-9(7-15)16-8-3-4-11(14)10(13)5-8/h3-5,9,12,16H,6-7,15H2,1-2H3. The van der Waals surface area contributed by atoms with Gasteiger partial charge >= 0.3 is 0 Å². The average molecular weight is 338 g/mol. The summed E-state index contributed by atoms with van der Waals surface area (Å²) in [6, 6.07) is 5.72. The zero-order chi connectivity index (χ0) is 13.5.